The number of hydrogen-bond acceptors (Lipinski definition) is 2. The van der Waals surface area contributed by atoms with Crippen LogP contribution in [0.1, 0.15) is 12.5 Å². The molecule has 0 unspecified atom stereocenters. The van der Waals surface area contributed by atoms with E-state index in [-0.39, 0.29) is 24.8 Å². The summed E-state index contributed by atoms with van der Waals surface area (Å²) in [6.45, 7) is 1.97. The molecule has 0 aliphatic heterocycles. The first-order valence-electron chi connectivity index (χ1n) is 5.66. The molecule has 19 heavy (non-hydrogen) atoms. The van der Waals surface area contributed by atoms with Gasteiger partial charge in [-0.15, -0.1) is 0 Å². The first-order chi connectivity index (χ1) is 8.82. The number of carbonyl (C=O) groups excluding carboxylic acids is 1. The zero-order valence-electron chi connectivity index (χ0n) is 10.3. The lowest BCUT2D eigenvalue weighted by Crippen LogP contribution is -2.33. The van der Waals surface area contributed by atoms with Gasteiger partial charge < -0.3 is 15.7 Å². The lowest BCUT2D eigenvalue weighted by molar-refractivity contribution is -0.137. The van der Waals surface area contributed by atoms with Crippen LogP contribution in [0.4, 0.5) is 23.7 Å². The average molecular weight is 276 g/mol. The lowest BCUT2D eigenvalue weighted by Gasteiger charge is -2.11. The fourth-order valence-corrected chi connectivity index (χ4v) is 1.25. The molecule has 0 radical (unpaired) electrons. The molecule has 3 N–H and O–H groups in total. The Labute approximate surface area is 108 Å². The van der Waals surface area contributed by atoms with Crippen molar-refractivity contribution >= 4 is 11.7 Å². The quantitative estimate of drug-likeness (QED) is 0.791. The van der Waals surface area contributed by atoms with Gasteiger partial charge in [-0.2, -0.15) is 13.2 Å². The Hall–Kier alpha value is -1.76. The zero-order valence-corrected chi connectivity index (χ0v) is 10.3. The number of rotatable bonds is 4. The van der Waals surface area contributed by atoms with Crippen LogP contribution in [0.25, 0.3) is 0 Å². The lowest BCUT2D eigenvalue weighted by atomic mass is 10.2. The largest absolute Gasteiger partial charge is 0.416 e. The third kappa shape index (κ3) is 5.17. The van der Waals surface area contributed by atoms with Crippen LogP contribution >= 0.6 is 0 Å². The molecule has 0 aromatic heterocycles. The number of alkyl halides is 3. The number of urea groups is 1. The van der Waals surface area contributed by atoms with Crippen molar-refractivity contribution in [1.82, 2.24) is 5.32 Å². The average Bonchev–Trinajstić information content (AvgIpc) is 2.35. The number of amides is 2. The van der Waals surface area contributed by atoms with Gasteiger partial charge in [-0.05, 0) is 30.2 Å². The third-order valence-electron chi connectivity index (χ3n) is 2.39. The van der Waals surface area contributed by atoms with E-state index in [0.29, 0.717) is 0 Å². The van der Waals surface area contributed by atoms with E-state index in [1.54, 1.807) is 6.92 Å². The first-order valence-corrected chi connectivity index (χ1v) is 5.66. The maximum Gasteiger partial charge on any atom is 0.416 e. The summed E-state index contributed by atoms with van der Waals surface area (Å²) in [5, 5.41) is 13.7. The number of carbonyl (C=O) groups is 1. The van der Waals surface area contributed by atoms with Crippen LogP contribution in [0, 0.1) is 5.92 Å². The van der Waals surface area contributed by atoms with Gasteiger partial charge in [0.2, 0.25) is 0 Å². The summed E-state index contributed by atoms with van der Waals surface area (Å²) in [5.41, 5.74) is -0.505. The van der Waals surface area contributed by atoms with Gasteiger partial charge in [-0.1, -0.05) is 6.92 Å². The highest BCUT2D eigenvalue weighted by atomic mass is 19.4. The Morgan fingerprint density at radius 1 is 1.32 bits per heavy atom. The second-order valence-electron chi connectivity index (χ2n) is 4.20. The smallest absolute Gasteiger partial charge is 0.396 e. The van der Waals surface area contributed by atoms with E-state index >= 15 is 0 Å². The normalized spacial score (nSPS) is 12.9. The molecular weight excluding hydrogens is 261 g/mol. The molecule has 1 aromatic rings. The van der Waals surface area contributed by atoms with Crippen molar-refractivity contribution in [2.45, 2.75) is 13.1 Å². The van der Waals surface area contributed by atoms with Gasteiger partial charge >= 0.3 is 12.2 Å². The molecule has 0 aliphatic rings. The molecule has 0 bridgehead atoms. The monoisotopic (exact) mass is 276 g/mol. The van der Waals surface area contributed by atoms with Crippen molar-refractivity contribution in [3.8, 4) is 0 Å². The van der Waals surface area contributed by atoms with E-state index in [1.807, 2.05) is 0 Å². The van der Waals surface area contributed by atoms with Gasteiger partial charge in [0.15, 0.2) is 0 Å². The number of hydrogen-bond donors (Lipinski definition) is 3. The second kappa shape index (κ2) is 6.42. The van der Waals surface area contributed by atoms with Crippen molar-refractivity contribution in [2.75, 3.05) is 18.5 Å². The molecule has 1 rings (SSSR count). The zero-order chi connectivity index (χ0) is 14.5. The van der Waals surface area contributed by atoms with Crippen molar-refractivity contribution in [3.63, 3.8) is 0 Å². The number of aliphatic hydroxyl groups excluding tert-OH is 1. The number of benzene rings is 1. The molecule has 0 spiro atoms. The van der Waals surface area contributed by atoms with Gasteiger partial charge in [0, 0.05) is 18.8 Å². The Morgan fingerprint density at radius 3 is 2.37 bits per heavy atom. The predicted octanol–water partition coefficient (Wildman–Crippen LogP) is 2.46. The molecule has 0 saturated heterocycles. The highest BCUT2D eigenvalue weighted by Gasteiger charge is 2.29. The van der Waals surface area contributed by atoms with E-state index in [9.17, 15) is 18.0 Å². The SMILES string of the molecule is C[C@@H](CO)CNC(=O)Nc1ccc(C(F)(F)F)cc1. The summed E-state index contributed by atoms with van der Waals surface area (Å²) < 4.78 is 36.9. The molecule has 4 nitrogen and oxygen atoms in total. The van der Waals surface area contributed by atoms with E-state index < -0.39 is 17.8 Å². The van der Waals surface area contributed by atoms with Crippen LogP contribution < -0.4 is 10.6 Å². The second-order valence-corrected chi connectivity index (χ2v) is 4.20. The summed E-state index contributed by atoms with van der Waals surface area (Å²) in [6.07, 6.45) is -4.39. The van der Waals surface area contributed by atoms with Gasteiger partial charge in [-0.3, -0.25) is 0 Å². The van der Waals surface area contributed by atoms with Gasteiger partial charge in [0.1, 0.15) is 0 Å². The summed E-state index contributed by atoms with van der Waals surface area (Å²) >= 11 is 0. The topological polar surface area (TPSA) is 61.4 Å². The number of anilines is 1. The standard InChI is InChI=1S/C12H15F3N2O2/c1-8(7-18)6-16-11(19)17-10-4-2-9(3-5-10)12(13,14)15/h2-5,8,18H,6-7H2,1H3,(H2,16,17,19)/t8-/m1/s1. The maximum absolute atomic E-state index is 12.3. The summed E-state index contributed by atoms with van der Waals surface area (Å²) in [7, 11) is 0. The third-order valence-corrected chi connectivity index (χ3v) is 2.39. The van der Waals surface area contributed by atoms with Crippen LogP contribution in [0.15, 0.2) is 24.3 Å². The summed E-state index contributed by atoms with van der Waals surface area (Å²) in [6, 6.07) is 3.62. The molecule has 0 aliphatic carbocycles. The molecule has 0 heterocycles. The van der Waals surface area contributed by atoms with Crippen LogP contribution in [-0.4, -0.2) is 24.3 Å². The van der Waals surface area contributed by atoms with E-state index in [4.69, 9.17) is 5.11 Å². The molecule has 7 heteroatoms. The van der Waals surface area contributed by atoms with Gasteiger partial charge in [0.05, 0.1) is 5.56 Å². The van der Waals surface area contributed by atoms with Crippen molar-refractivity contribution in [2.24, 2.45) is 5.92 Å². The van der Waals surface area contributed by atoms with Crippen LogP contribution in [0.3, 0.4) is 0 Å². The van der Waals surface area contributed by atoms with Crippen molar-refractivity contribution in [1.29, 1.82) is 0 Å². The highest BCUT2D eigenvalue weighted by Crippen LogP contribution is 2.29. The Morgan fingerprint density at radius 2 is 1.89 bits per heavy atom. The number of aliphatic hydroxyl groups is 1. The highest BCUT2D eigenvalue weighted by molar-refractivity contribution is 5.89. The number of nitrogens with one attached hydrogen (secondary N) is 2. The fourth-order valence-electron chi connectivity index (χ4n) is 1.25. The van der Waals surface area contributed by atoms with Crippen LogP contribution in [-0.2, 0) is 6.18 Å². The van der Waals surface area contributed by atoms with Crippen molar-refractivity contribution in [3.05, 3.63) is 29.8 Å². The van der Waals surface area contributed by atoms with Gasteiger partial charge in [0.25, 0.3) is 0 Å². The predicted molar refractivity (Wildman–Crippen MR) is 64.7 cm³/mol. The van der Waals surface area contributed by atoms with Crippen LogP contribution in [0.5, 0.6) is 0 Å². The maximum atomic E-state index is 12.3. The molecule has 106 valence electrons. The molecular formula is C12H15F3N2O2. The Bertz CT molecular complexity index is 418. The fraction of sp³-hybridized carbons (Fsp3) is 0.417. The molecule has 1 atom stereocenters. The first kappa shape index (κ1) is 15.3. The van der Waals surface area contributed by atoms with Crippen molar-refractivity contribution < 1.29 is 23.1 Å². The minimum absolute atomic E-state index is 0.0550. The Kier molecular flexibility index (Phi) is 5.17. The number of halogens is 3. The molecule has 2 amide bonds. The van der Waals surface area contributed by atoms with E-state index in [0.717, 1.165) is 12.1 Å². The minimum Gasteiger partial charge on any atom is -0.396 e. The van der Waals surface area contributed by atoms with E-state index in [2.05, 4.69) is 10.6 Å². The van der Waals surface area contributed by atoms with E-state index in [1.165, 1.54) is 12.1 Å². The molecule has 0 saturated carbocycles. The Balaban J connectivity index is 2.51. The van der Waals surface area contributed by atoms with Crippen LogP contribution in [0.2, 0.25) is 0 Å². The minimum atomic E-state index is -4.39. The molecule has 0 fully saturated rings. The molecule has 1 aromatic carbocycles. The van der Waals surface area contributed by atoms with Gasteiger partial charge in [-0.25, -0.2) is 4.79 Å². The summed E-state index contributed by atoms with van der Waals surface area (Å²) in [5.74, 6) is -0.0849. The summed E-state index contributed by atoms with van der Waals surface area (Å²) in [4.78, 5) is 11.4.